The number of benzene rings is 1. The van der Waals surface area contributed by atoms with Crippen molar-refractivity contribution in [1.82, 2.24) is 15.2 Å². The van der Waals surface area contributed by atoms with E-state index in [1.807, 2.05) is 49.4 Å². The van der Waals surface area contributed by atoms with Crippen molar-refractivity contribution in [1.29, 1.82) is 0 Å². The zero-order valence-electron chi connectivity index (χ0n) is 17.8. The number of morpholine rings is 1. The molecule has 31 heavy (non-hydrogen) atoms. The summed E-state index contributed by atoms with van der Waals surface area (Å²) in [5, 5.41) is 7.45. The second-order valence-corrected chi connectivity index (χ2v) is 8.31. The molecule has 5 rings (SSSR count). The summed E-state index contributed by atoms with van der Waals surface area (Å²) in [5.74, 6) is 2.49. The lowest BCUT2D eigenvalue weighted by Gasteiger charge is -2.33. The van der Waals surface area contributed by atoms with Gasteiger partial charge in [-0.3, -0.25) is 9.69 Å². The molecule has 1 aromatic carbocycles. The van der Waals surface area contributed by atoms with Gasteiger partial charge in [-0.1, -0.05) is 18.2 Å². The number of furan rings is 1. The average molecular weight is 421 g/mol. The van der Waals surface area contributed by atoms with Crippen molar-refractivity contribution in [2.45, 2.75) is 31.8 Å². The van der Waals surface area contributed by atoms with E-state index in [0.29, 0.717) is 24.0 Å². The fourth-order valence-corrected chi connectivity index (χ4v) is 4.08. The number of fused-ring (bicyclic) bond motifs is 1. The van der Waals surface area contributed by atoms with Gasteiger partial charge < -0.3 is 19.8 Å². The number of pyridine rings is 1. The lowest BCUT2D eigenvalue weighted by molar-refractivity contribution is 0.0143. The molecular weight excluding hydrogens is 392 g/mol. The fourth-order valence-electron chi connectivity index (χ4n) is 4.08. The van der Waals surface area contributed by atoms with E-state index in [1.165, 1.54) is 0 Å². The Morgan fingerprint density at radius 1 is 1.19 bits per heavy atom. The summed E-state index contributed by atoms with van der Waals surface area (Å²) in [5.41, 5.74) is 1.47. The lowest BCUT2D eigenvalue weighted by atomic mass is 10.1. The molecule has 7 heteroatoms. The third-order valence-corrected chi connectivity index (χ3v) is 5.93. The Bertz CT molecular complexity index is 1070. The van der Waals surface area contributed by atoms with Gasteiger partial charge in [-0.05, 0) is 44.0 Å². The molecule has 1 saturated heterocycles. The van der Waals surface area contributed by atoms with Gasteiger partial charge in [0, 0.05) is 31.1 Å². The molecule has 1 atom stereocenters. The van der Waals surface area contributed by atoms with Crippen LogP contribution in [0, 0.1) is 6.92 Å². The molecule has 0 radical (unpaired) electrons. The van der Waals surface area contributed by atoms with E-state index in [0.717, 1.165) is 61.6 Å². The second-order valence-electron chi connectivity index (χ2n) is 8.31. The number of carbonyl (C=O) groups excluding carboxylic acids is 1. The van der Waals surface area contributed by atoms with Gasteiger partial charge in [0.25, 0.3) is 5.91 Å². The molecule has 1 saturated carbocycles. The van der Waals surface area contributed by atoms with Crippen molar-refractivity contribution < 1.29 is 13.9 Å². The average Bonchev–Trinajstić information content (AvgIpc) is 3.51. The molecule has 0 spiro atoms. The summed E-state index contributed by atoms with van der Waals surface area (Å²) < 4.78 is 11.5. The summed E-state index contributed by atoms with van der Waals surface area (Å²) >= 11 is 0. The molecule has 3 heterocycles. The summed E-state index contributed by atoms with van der Waals surface area (Å²) in [6.45, 7) is 5.73. The minimum atomic E-state index is -0.0319. The number of hydrogen-bond donors (Lipinski definition) is 2. The van der Waals surface area contributed by atoms with E-state index in [1.54, 1.807) is 0 Å². The van der Waals surface area contributed by atoms with Crippen molar-refractivity contribution >= 4 is 22.6 Å². The van der Waals surface area contributed by atoms with E-state index >= 15 is 0 Å². The number of ether oxygens (including phenoxy) is 1. The van der Waals surface area contributed by atoms with Crippen molar-refractivity contribution in [3.05, 3.63) is 59.5 Å². The number of aryl methyl sites for hydroxylation is 1. The van der Waals surface area contributed by atoms with Gasteiger partial charge in [0.1, 0.15) is 17.3 Å². The Balaban J connectivity index is 1.41. The maximum absolute atomic E-state index is 12.9. The molecule has 7 nitrogen and oxygen atoms in total. The first-order valence-corrected chi connectivity index (χ1v) is 11.0. The van der Waals surface area contributed by atoms with Crippen molar-refractivity contribution in [2.75, 3.05) is 38.2 Å². The largest absolute Gasteiger partial charge is 0.465 e. The van der Waals surface area contributed by atoms with Crippen LogP contribution in [0.25, 0.3) is 10.9 Å². The van der Waals surface area contributed by atoms with Gasteiger partial charge in [-0.25, -0.2) is 4.98 Å². The van der Waals surface area contributed by atoms with Crippen LogP contribution in [-0.2, 0) is 4.74 Å². The quantitative estimate of drug-likeness (QED) is 0.609. The van der Waals surface area contributed by atoms with Crippen LogP contribution in [0.15, 0.2) is 46.9 Å². The SMILES string of the molecule is Cc1ccc(C(CNc2cc(C(=O)NC3CC3)c3ccccc3n2)N2CCOCC2)o1. The Hall–Kier alpha value is -2.90. The summed E-state index contributed by atoms with van der Waals surface area (Å²) in [6.07, 6.45) is 2.12. The molecule has 3 aromatic rings. The molecule has 2 fully saturated rings. The van der Waals surface area contributed by atoms with Gasteiger partial charge in [0.2, 0.25) is 0 Å². The normalized spacial score (nSPS) is 18.1. The molecule has 0 bridgehead atoms. The zero-order valence-corrected chi connectivity index (χ0v) is 17.8. The monoisotopic (exact) mass is 420 g/mol. The number of rotatable bonds is 7. The standard InChI is InChI=1S/C24H28N4O3/c1-16-6-9-22(31-16)21(28-10-12-30-13-11-28)15-25-23-14-19(24(29)26-17-7-8-17)18-4-2-3-5-20(18)27-23/h2-6,9,14,17,21H,7-8,10-13,15H2,1H3,(H,25,27)(H,26,29). The summed E-state index contributed by atoms with van der Waals surface area (Å²) in [6, 6.07) is 14.1. The predicted molar refractivity (Wildman–Crippen MR) is 119 cm³/mol. The van der Waals surface area contributed by atoms with Gasteiger partial charge in [-0.15, -0.1) is 0 Å². The van der Waals surface area contributed by atoms with E-state index in [2.05, 4.69) is 15.5 Å². The lowest BCUT2D eigenvalue weighted by Crippen LogP contribution is -2.41. The highest BCUT2D eigenvalue weighted by Gasteiger charge is 2.27. The van der Waals surface area contributed by atoms with Crippen LogP contribution in [0.4, 0.5) is 5.82 Å². The first kappa shape index (κ1) is 20.0. The Morgan fingerprint density at radius 3 is 2.74 bits per heavy atom. The van der Waals surface area contributed by atoms with Crippen LogP contribution in [0.3, 0.4) is 0 Å². The number of nitrogens with one attached hydrogen (secondary N) is 2. The predicted octanol–water partition coefficient (Wildman–Crippen LogP) is 3.51. The molecule has 2 aromatic heterocycles. The second kappa shape index (κ2) is 8.69. The van der Waals surface area contributed by atoms with Crippen LogP contribution in [0.1, 0.15) is 40.8 Å². The summed E-state index contributed by atoms with van der Waals surface area (Å²) in [7, 11) is 0. The van der Waals surface area contributed by atoms with Gasteiger partial charge in [0.15, 0.2) is 0 Å². The zero-order chi connectivity index (χ0) is 21.2. The van der Waals surface area contributed by atoms with Crippen LogP contribution in [-0.4, -0.2) is 54.7 Å². The Labute approximate surface area is 181 Å². The molecule has 2 N–H and O–H groups in total. The van der Waals surface area contributed by atoms with E-state index in [4.69, 9.17) is 14.1 Å². The third-order valence-electron chi connectivity index (χ3n) is 5.93. The fraction of sp³-hybridized carbons (Fsp3) is 0.417. The molecule has 1 aliphatic heterocycles. The van der Waals surface area contributed by atoms with Crippen LogP contribution in [0.2, 0.25) is 0 Å². The molecular formula is C24H28N4O3. The number of amides is 1. The summed E-state index contributed by atoms with van der Waals surface area (Å²) in [4.78, 5) is 20.0. The Kier molecular flexibility index (Phi) is 5.61. The number of aromatic nitrogens is 1. The molecule has 1 aliphatic carbocycles. The highest BCUT2D eigenvalue weighted by molar-refractivity contribution is 6.07. The number of hydrogen-bond acceptors (Lipinski definition) is 6. The van der Waals surface area contributed by atoms with E-state index < -0.39 is 0 Å². The molecule has 1 unspecified atom stereocenters. The number of anilines is 1. The van der Waals surface area contributed by atoms with E-state index in [9.17, 15) is 4.79 Å². The number of carbonyl (C=O) groups is 1. The van der Waals surface area contributed by atoms with Gasteiger partial charge in [-0.2, -0.15) is 0 Å². The highest BCUT2D eigenvalue weighted by atomic mass is 16.5. The van der Waals surface area contributed by atoms with Crippen molar-refractivity contribution in [3.8, 4) is 0 Å². The number of nitrogens with zero attached hydrogens (tertiary/aromatic N) is 2. The third kappa shape index (κ3) is 4.57. The van der Waals surface area contributed by atoms with Crippen LogP contribution in [0.5, 0.6) is 0 Å². The molecule has 1 amide bonds. The highest BCUT2D eigenvalue weighted by Crippen LogP contribution is 2.27. The first-order chi connectivity index (χ1) is 15.2. The topological polar surface area (TPSA) is 79.6 Å². The van der Waals surface area contributed by atoms with Crippen LogP contribution >= 0.6 is 0 Å². The minimum Gasteiger partial charge on any atom is -0.465 e. The van der Waals surface area contributed by atoms with Crippen molar-refractivity contribution in [2.24, 2.45) is 0 Å². The minimum absolute atomic E-state index is 0.0319. The number of para-hydroxylation sites is 1. The maximum atomic E-state index is 12.9. The van der Waals surface area contributed by atoms with Gasteiger partial charge >= 0.3 is 0 Å². The van der Waals surface area contributed by atoms with Crippen LogP contribution < -0.4 is 10.6 Å². The van der Waals surface area contributed by atoms with Crippen molar-refractivity contribution in [3.63, 3.8) is 0 Å². The smallest absolute Gasteiger partial charge is 0.252 e. The van der Waals surface area contributed by atoms with Gasteiger partial charge in [0.05, 0.1) is 30.3 Å². The molecule has 2 aliphatic rings. The first-order valence-electron chi connectivity index (χ1n) is 11.0. The molecule has 162 valence electrons. The maximum Gasteiger partial charge on any atom is 0.252 e. The Morgan fingerprint density at radius 2 is 2.00 bits per heavy atom. The van der Waals surface area contributed by atoms with E-state index in [-0.39, 0.29) is 11.9 Å².